The summed E-state index contributed by atoms with van der Waals surface area (Å²) < 4.78 is 18.0. The van der Waals surface area contributed by atoms with Crippen LogP contribution < -0.4 is 0 Å². The van der Waals surface area contributed by atoms with Crippen molar-refractivity contribution in [1.29, 1.82) is 1.28 Å². The summed E-state index contributed by atoms with van der Waals surface area (Å²) in [4.78, 5) is 11.1. The quantitative estimate of drug-likeness (QED) is 0.555. The maximum absolute atomic E-state index is 11.1. The van der Waals surface area contributed by atoms with Gasteiger partial charge in [-0.3, -0.25) is 4.79 Å². The first-order valence-corrected chi connectivity index (χ1v) is 5.64. The Balaban J connectivity index is 0. The van der Waals surface area contributed by atoms with Crippen molar-refractivity contribution in [2.45, 2.75) is 19.8 Å². The van der Waals surface area contributed by atoms with E-state index >= 15 is 0 Å². The van der Waals surface area contributed by atoms with Crippen molar-refractivity contribution in [3.63, 3.8) is 0 Å². The molecule has 0 aromatic rings. The fraction of sp³-hybridized carbons (Fsp3) is 0.750. The van der Waals surface area contributed by atoms with Gasteiger partial charge in [-0.15, -0.1) is 0 Å². The van der Waals surface area contributed by atoms with Crippen LogP contribution in [0.25, 0.3) is 0 Å². The van der Waals surface area contributed by atoms with E-state index in [0.717, 1.165) is 0 Å². The van der Waals surface area contributed by atoms with Crippen LogP contribution in [0.2, 0.25) is 0 Å². The van der Waals surface area contributed by atoms with Crippen LogP contribution >= 0.6 is 7.75 Å². The molecule has 0 heterocycles. The van der Waals surface area contributed by atoms with Crippen LogP contribution in [0.4, 0.5) is 0 Å². The average Bonchev–Trinajstić information content (AvgIpc) is 1.82. The van der Waals surface area contributed by atoms with E-state index in [1.165, 1.54) is 6.66 Å². The Morgan fingerprint density at radius 1 is 1.75 bits per heavy atom. The molecule has 72 valence electrons. The molecule has 4 heteroatoms. The summed E-state index contributed by atoms with van der Waals surface area (Å²) in [6.07, 6.45) is 1.02. The second-order valence-electron chi connectivity index (χ2n) is 2.92. The third kappa shape index (κ3) is 8.68. The molecule has 12 heavy (non-hydrogen) atoms. The maximum Gasteiger partial charge on any atom is 0.140 e. The number of carbonyl (C=O) groups is 1. The van der Waals surface area contributed by atoms with E-state index in [0.29, 0.717) is 12.8 Å². The molecule has 0 bridgehead atoms. The topological polar surface area (TPSA) is 34.1 Å². The van der Waals surface area contributed by atoms with Gasteiger partial charge in [-0.25, -0.2) is 0 Å². The Kier molecular flexibility index (Phi) is 8.60. The van der Waals surface area contributed by atoms with Crippen molar-refractivity contribution in [1.82, 2.24) is 0 Å². The van der Waals surface area contributed by atoms with Crippen molar-refractivity contribution in [3.05, 3.63) is 6.92 Å². The number of hydrogen-bond donors (Lipinski definition) is 0. The van der Waals surface area contributed by atoms with Crippen LogP contribution in [-0.4, -0.2) is 19.9 Å². The molecule has 0 N–H and O–H groups in total. The summed E-state index contributed by atoms with van der Waals surface area (Å²) in [6, 6.07) is 0. The standard InChI is InChI=1S/C8H16O2P.W/c1-4-7(2)5-8(9)6-11(3)10;/h7,11H,1,4-6H2,2-3H3;/q-1;/i11T;. The summed E-state index contributed by atoms with van der Waals surface area (Å²) in [5.74, 6) is 0.163. The van der Waals surface area contributed by atoms with E-state index in [1.54, 1.807) is 0 Å². The van der Waals surface area contributed by atoms with Crippen molar-refractivity contribution in [2.75, 3.05) is 12.8 Å². The minimum absolute atomic E-state index is 0. The molecular weight excluding hydrogens is 343 g/mol. The van der Waals surface area contributed by atoms with Crippen molar-refractivity contribution in [3.8, 4) is 0 Å². The van der Waals surface area contributed by atoms with Gasteiger partial charge in [-0.1, -0.05) is 12.8 Å². The molecule has 0 saturated carbocycles. The molecule has 0 aliphatic heterocycles. The molecule has 0 rings (SSSR count). The largest absolute Gasteiger partial charge is 0.343 e. The Hall–Kier alpha value is 0.588. The van der Waals surface area contributed by atoms with E-state index < -0.39 is 7.75 Å². The number of ketones is 1. The fourth-order valence-corrected chi connectivity index (χ4v) is 1.43. The second kappa shape index (κ2) is 8.20. The summed E-state index contributed by atoms with van der Waals surface area (Å²) in [5, 5.41) is 0. The molecule has 0 spiro atoms. The van der Waals surface area contributed by atoms with Crippen LogP contribution in [0.1, 0.15) is 19.8 Å². The first-order valence-electron chi connectivity index (χ1n) is 4.20. The van der Waals surface area contributed by atoms with Gasteiger partial charge < -0.3 is 11.5 Å². The van der Waals surface area contributed by atoms with Crippen molar-refractivity contribution >= 4 is 13.5 Å². The summed E-state index contributed by atoms with van der Waals surface area (Å²) in [7, 11) is -2.91. The van der Waals surface area contributed by atoms with Gasteiger partial charge in [0.1, 0.15) is 7.06 Å². The fourth-order valence-electron chi connectivity index (χ4n) is 0.804. The normalized spacial score (nSPS) is 18.4. The van der Waals surface area contributed by atoms with Gasteiger partial charge in [0.25, 0.3) is 0 Å². The van der Waals surface area contributed by atoms with Crippen molar-refractivity contribution in [2.24, 2.45) is 5.92 Å². The third-order valence-corrected chi connectivity index (χ3v) is 2.27. The summed E-state index contributed by atoms with van der Waals surface area (Å²) >= 11 is 0. The maximum atomic E-state index is 11.1. The number of rotatable bonds is 5. The second-order valence-corrected chi connectivity index (χ2v) is 4.49. The molecule has 2 atom stereocenters. The van der Waals surface area contributed by atoms with Crippen LogP contribution in [0, 0.1) is 12.8 Å². The van der Waals surface area contributed by atoms with Gasteiger partial charge in [0, 0.05) is 27.5 Å². The smallest absolute Gasteiger partial charge is 0.140 e. The molecule has 0 fully saturated rings. The number of carbonyl (C=O) groups excluding carboxylic acids is 1. The first-order chi connectivity index (χ1) is 5.35. The molecule has 0 radical (unpaired) electrons. The molecule has 0 aliphatic carbocycles. The van der Waals surface area contributed by atoms with Gasteiger partial charge >= 0.3 is 0 Å². The zero-order chi connectivity index (χ0) is 9.78. The van der Waals surface area contributed by atoms with E-state index in [4.69, 9.17) is 1.28 Å². The van der Waals surface area contributed by atoms with Crippen LogP contribution in [0.5, 0.6) is 0 Å². The van der Waals surface area contributed by atoms with Crippen LogP contribution in [-0.2, 0) is 30.4 Å². The van der Waals surface area contributed by atoms with Crippen LogP contribution in [0.3, 0.4) is 0 Å². The summed E-state index contributed by atoms with van der Waals surface area (Å²) in [5.41, 5.74) is 0. The van der Waals surface area contributed by atoms with E-state index in [2.05, 4.69) is 6.92 Å². The minimum Gasteiger partial charge on any atom is -0.343 e. The van der Waals surface area contributed by atoms with Gasteiger partial charge in [-0.2, -0.15) is 6.42 Å². The monoisotopic (exact) mass is 361 g/mol. The summed E-state index contributed by atoms with van der Waals surface area (Å²) in [6.45, 7) is 6.91. The molecule has 0 aliphatic rings. The van der Waals surface area contributed by atoms with Gasteiger partial charge in [0.2, 0.25) is 0 Å². The van der Waals surface area contributed by atoms with Gasteiger partial charge in [0.05, 0.1) is 13.9 Å². The Morgan fingerprint density at radius 2 is 2.25 bits per heavy atom. The zero-order valence-electron chi connectivity index (χ0n) is 8.58. The number of hydrogen-bond acceptors (Lipinski definition) is 2. The number of Topliss-reactive ketones (excluding diaryl/α,β-unsaturated/α-hetero) is 1. The van der Waals surface area contributed by atoms with E-state index in [9.17, 15) is 9.36 Å². The Bertz CT molecular complexity index is 202. The van der Waals surface area contributed by atoms with Gasteiger partial charge in [-0.05, 0) is 6.66 Å². The van der Waals surface area contributed by atoms with E-state index in [1.807, 2.05) is 6.92 Å². The molecule has 2 nitrogen and oxygen atoms in total. The molecule has 0 aromatic heterocycles. The minimum atomic E-state index is -2.91. The predicted molar refractivity (Wildman–Crippen MR) is 48.6 cm³/mol. The van der Waals surface area contributed by atoms with E-state index in [-0.39, 0.29) is 38.9 Å². The zero-order valence-corrected chi connectivity index (χ0v) is 11.4. The molecular formula is C8H16O2PW-. The molecule has 0 saturated heterocycles. The third-order valence-electron chi connectivity index (χ3n) is 1.47. The SMILES string of the molecule is [3H]P(C)(=O)CC(=O)CC(C)C[CH2-].[W]. The first kappa shape index (κ1) is 12.6. The molecule has 0 aromatic carbocycles. The predicted octanol–water partition coefficient (Wildman–Crippen LogP) is 1.99. The Morgan fingerprint density at radius 3 is 2.58 bits per heavy atom. The van der Waals surface area contributed by atoms with Crippen LogP contribution in [0.15, 0.2) is 0 Å². The Labute approximate surface area is 90.8 Å². The molecule has 2 unspecified atom stereocenters. The molecule has 0 amide bonds. The average molecular weight is 361 g/mol. The van der Waals surface area contributed by atoms with Gasteiger partial charge in [0.15, 0.2) is 0 Å². The van der Waals surface area contributed by atoms with Crippen molar-refractivity contribution < 1.29 is 30.4 Å².